The molecule has 10 aromatic rings. The van der Waals surface area contributed by atoms with Crippen molar-refractivity contribution in [2.24, 2.45) is 0 Å². The fraction of sp³-hybridized carbons (Fsp3) is 0.0182. The first kappa shape index (κ1) is 31.9. The van der Waals surface area contributed by atoms with Crippen LogP contribution in [0.15, 0.2) is 217 Å². The van der Waals surface area contributed by atoms with E-state index in [1.54, 1.807) is 0 Å². The van der Waals surface area contributed by atoms with Crippen LogP contribution in [0, 0.1) is 0 Å². The molecule has 2 heteroatoms. The predicted octanol–water partition coefficient (Wildman–Crippen LogP) is 14.7. The summed E-state index contributed by atoms with van der Waals surface area (Å²) in [7, 11) is 0. The summed E-state index contributed by atoms with van der Waals surface area (Å²) in [5.74, 6) is 0. The van der Waals surface area contributed by atoms with Crippen LogP contribution in [-0.4, -0.2) is 0 Å². The molecule has 1 aromatic heterocycles. The van der Waals surface area contributed by atoms with Crippen LogP contribution in [0.2, 0.25) is 0 Å². The zero-order chi connectivity index (χ0) is 37.5. The Morgan fingerprint density at radius 1 is 0.298 bits per heavy atom. The van der Waals surface area contributed by atoms with Gasteiger partial charge in [0.15, 0.2) is 0 Å². The Kier molecular flexibility index (Phi) is 6.88. The minimum atomic E-state index is -0.570. The van der Waals surface area contributed by atoms with Gasteiger partial charge in [-0.15, -0.1) is 0 Å². The van der Waals surface area contributed by atoms with E-state index in [4.69, 9.17) is 4.42 Å². The fourth-order valence-corrected chi connectivity index (χ4v) is 9.91. The predicted molar refractivity (Wildman–Crippen MR) is 236 cm³/mol. The number of benzene rings is 9. The molecule has 12 rings (SSSR count). The molecule has 0 unspecified atom stereocenters. The van der Waals surface area contributed by atoms with Crippen molar-refractivity contribution in [3.05, 3.63) is 235 Å². The SMILES string of the molecule is c1ccc(-c2ccc(N(c3ccc4c(c3)C3(c5ccccc5-c5ccccc5-4)c4ccccc4-c4ccccc43)c3ccc4c(c3)oc3ccccc34)cc2)cc1. The number of fused-ring (bicyclic) bond motifs is 15. The fourth-order valence-electron chi connectivity index (χ4n) is 9.91. The summed E-state index contributed by atoms with van der Waals surface area (Å²) < 4.78 is 6.50. The van der Waals surface area contributed by atoms with E-state index in [0.717, 1.165) is 39.0 Å². The Labute approximate surface area is 331 Å². The summed E-state index contributed by atoms with van der Waals surface area (Å²) in [5.41, 5.74) is 19.5. The van der Waals surface area contributed by atoms with Crippen LogP contribution in [0.4, 0.5) is 17.1 Å². The molecule has 1 heterocycles. The van der Waals surface area contributed by atoms with Crippen LogP contribution in [0.25, 0.3) is 66.4 Å². The molecule has 0 saturated heterocycles. The van der Waals surface area contributed by atoms with Crippen molar-refractivity contribution in [3.8, 4) is 44.5 Å². The van der Waals surface area contributed by atoms with Gasteiger partial charge in [0.2, 0.25) is 0 Å². The van der Waals surface area contributed by atoms with Gasteiger partial charge in [0.05, 0.1) is 5.41 Å². The highest BCUT2D eigenvalue weighted by Crippen LogP contribution is 2.62. The van der Waals surface area contributed by atoms with Crippen molar-refractivity contribution in [1.82, 2.24) is 0 Å². The molecular weight excluding hydrogens is 691 g/mol. The molecule has 0 radical (unpaired) electrons. The Bertz CT molecular complexity index is 3140. The third-order valence-electron chi connectivity index (χ3n) is 12.3. The van der Waals surface area contributed by atoms with Crippen LogP contribution in [-0.2, 0) is 5.41 Å². The van der Waals surface area contributed by atoms with Crippen molar-refractivity contribution < 1.29 is 4.42 Å². The second kappa shape index (κ2) is 12.3. The van der Waals surface area contributed by atoms with Crippen molar-refractivity contribution >= 4 is 39.0 Å². The zero-order valence-corrected chi connectivity index (χ0v) is 31.1. The van der Waals surface area contributed by atoms with Crippen molar-refractivity contribution in [3.63, 3.8) is 0 Å². The molecule has 0 N–H and O–H groups in total. The molecular formula is C55H35NO. The van der Waals surface area contributed by atoms with Crippen LogP contribution >= 0.6 is 0 Å². The second-order valence-electron chi connectivity index (χ2n) is 15.2. The Morgan fingerprint density at radius 2 is 0.754 bits per heavy atom. The number of hydrogen-bond acceptors (Lipinski definition) is 2. The molecule has 2 aliphatic carbocycles. The highest BCUT2D eigenvalue weighted by molar-refractivity contribution is 6.06. The van der Waals surface area contributed by atoms with Gasteiger partial charge in [-0.2, -0.15) is 0 Å². The van der Waals surface area contributed by atoms with Crippen molar-refractivity contribution in [2.75, 3.05) is 4.90 Å². The second-order valence-corrected chi connectivity index (χ2v) is 15.2. The molecule has 0 bridgehead atoms. The Morgan fingerprint density at radius 3 is 1.42 bits per heavy atom. The van der Waals surface area contributed by atoms with E-state index >= 15 is 0 Å². The number of para-hydroxylation sites is 1. The van der Waals surface area contributed by atoms with Crippen molar-refractivity contribution in [1.29, 1.82) is 0 Å². The van der Waals surface area contributed by atoms with Crippen LogP contribution in [0.1, 0.15) is 22.3 Å². The number of furan rings is 1. The third-order valence-corrected chi connectivity index (χ3v) is 12.3. The average Bonchev–Trinajstić information content (AvgIpc) is 3.77. The maximum Gasteiger partial charge on any atom is 0.137 e. The van der Waals surface area contributed by atoms with E-state index in [1.807, 2.05) is 12.1 Å². The number of hydrogen-bond donors (Lipinski definition) is 0. The standard InChI is InChI=1S/C55H35NO/c1-2-14-36(15-3-1)37-26-28-38(29-27-37)56(40-31-33-48-47-21-9-13-25-53(47)57-54(48)35-40)39-30-32-46-42-17-5-4-16-41(42)43-18-6-10-22-49(43)55(52(46)34-39)50-23-11-7-19-44(50)45-20-8-12-24-51(45)55/h1-35H. The number of nitrogens with zero attached hydrogens (tertiary/aromatic N) is 1. The molecule has 0 saturated carbocycles. The monoisotopic (exact) mass is 725 g/mol. The quantitative estimate of drug-likeness (QED) is 0.180. The molecule has 57 heavy (non-hydrogen) atoms. The van der Waals surface area contributed by atoms with E-state index in [0.29, 0.717) is 0 Å². The van der Waals surface area contributed by atoms with Crippen molar-refractivity contribution in [2.45, 2.75) is 5.41 Å². The minimum Gasteiger partial charge on any atom is -0.456 e. The normalized spacial score (nSPS) is 13.1. The molecule has 0 aliphatic heterocycles. The lowest BCUT2D eigenvalue weighted by atomic mass is 9.66. The highest BCUT2D eigenvalue weighted by atomic mass is 16.3. The first-order valence-corrected chi connectivity index (χ1v) is 19.7. The molecule has 1 spiro atoms. The summed E-state index contributed by atoms with van der Waals surface area (Å²) in [6, 6.07) is 77.8. The van der Waals surface area contributed by atoms with E-state index in [1.165, 1.54) is 66.8 Å². The zero-order valence-electron chi connectivity index (χ0n) is 31.1. The lowest BCUT2D eigenvalue weighted by Crippen LogP contribution is -2.29. The van der Waals surface area contributed by atoms with Gasteiger partial charge in [-0.05, 0) is 109 Å². The Balaban J connectivity index is 1.16. The number of anilines is 3. The van der Waals surface area contributed by atoms with Crippen LogP contribution in [0.3, 0.4) is 0 Å². The summed E-state index contributed by atoms with van der Waals surface area (Å²) in [5, 5.41) is 2.24. The van der Waals surface area contributed by atoms with Gasteiger partial charge in [-0.25, -0.2) is 0 Å². The van der Waals surface area contributed by atoms with Gasteiger partial charge in [-0.3, -0.25) is 0 Å². The lowest BCUT2D eigenvalue weighted by Gasteiger charge is -2.36. The van der Waals surface area contributed by atoms with Gasteiger partial charge < -0.3 is 9.32 Å². The minimum absolute atomic E-state index is 0.570. The lowest BCUT2D eigenvalue weighted by molar-refractivity contribution is 0.669. The van der Waals surface area contributed by atoms with Gasteiger partial charge in [0.25, 0.3) is 0 Å². The van der Waals surface area contributed by atoms with Gasteiger partial charge >= 0.3 is 0 Å². The first-order valence-electron chi connectivity index (χ1n) is 19.7. The van der Waals surface area contributed by atoms with Crippen LogP contribution in [0.5, 0.6) is 0 Å². The summed E-state index contributed by atoms with van der Waals surface area (Å²) in [4.78, 5) is 2.39. The highest BCUT2D eigenvalue weighted by Gasteiger charge is 2.49. The molecule has 266 valence electrons. The summed E-state index contributed by atoms with van der Waals surface area (Å²) in [6.07, 6.45) is 0. The molecule has 2 aliphatic rings. The maximum absolute atomic E-state index is 6.50. The maximum atomic E-state index is 6.50. The molecule has 9 aromatic carbocycles. The van der Waals surface area contributed by atoms with E-state index in [2.05, 4.69) is 205 Å². The van der Waals surface area contributed by atoms with E-state index in [9.17, 15) is 0 Å². The van der Waals surface area contributed by atoms with Gasteiger partial charge in [-0.1, -0.05) is 164 Å². The number of rotatable bonds is 4. The average molecular weight is 726 g/mol. The molecule has 0 amide bonds. The smallest absolute Gasteiger partial charge is 0.137 e. The summed E-state index contributed by atoms with van der Waals surface area (Å²) >= 11 is 0. The van der Waals surface area contributed by atoms with E-state index < -0.39 is 5.41 Å². The molecule has 2 nitrogen and oxygen atoms in total. The summed E-state index contributed by atoms with van der Waals surface area (Å²) in [6.45, 7) is 0. The first-order chi connectivity index (χ1) is 28.3. The van der Waals surface area contributed by atoms with Gasteiger partial charge in [0.1, 0.15) is 11.2 Å². The van der Waals surface area contributed by atoms with Gasteiger partial charge in [0, 0.05) is 33.9 Å². The Hall–Kier alpha value is -7.42. The molecule has 0 fully saturated rings. The third kappa shape index (κ3) is 4.59. The molecule has 0 atom stereocenters. The van der Waals surface area contributed by atoms with E-state index in [-0.39, 0.29) is 0 Å². The topological polar surface area (TPSA) is 16.4 Å². The van der Waals surface area contributed by atoms with Crippen LogP contribution < -0.4 is 4.90 Å². The largest absolute Gasteiger partial charge is 0.456 e.